The van der Waals surface area contributed by atoms with E-state index in [1.807, 2.05) is 6.92 Å². The van der Waals surface area contributed by atoms with Gasteiger partial charge in [0.15, 0.2) is 0 Å². The minimum atomic E-state index is -0.567. The van der Waals surface area contributed by atoms with E-state index in [1.165, 1.54) is 0 Å². The molecular weight excluding hydrogens is 240 g/mol. The minimum Gasteiger partial charge on any atom is -0.444 e. The van der Waals surface area contributed by atoms with E-state index in [-0.39, 0.29) is 5.91 Å². The highest BCUT2D eigenvalue weighted by molar-refractivity contribution is 7.99. The number of thioether (sulfide) groups is 1. The van der Waals surface area contributed by atoms with Crippen LogP contribution >= 0.6 is 11.8 Å². The van der Waals surface area contributed by atoms with Gasteiger partial charge in [0.25, 0.3) is 0 Å². The molecule has 100 valence electrons. The van der Waals surface area contributed by atoms with Crippen molar-refractivity contribution in [3.8, 4) is 0 Å². The van der Waals surface area contributed by atoms with E-state index in [4.69, 9.17) is 4.74 Å². The maximum absolute atomic E-state index is 11.5. The SMILES string of the molecule is CCSC[C@H](NC(=O)OC(C)(C)C)C(=O)NC. The normalized spacial score (nSPS) is 12.8. The molecule has 0 aliphatic carbocycles. The molecule has 0 aromatic carbocycles. The van der Waals surface area contributed by atoms with Gasteiger partial charge in [0.05, 0.1) is 0 Å². The Bertz CT molecular complexity index is 264. The molecule has 0 rings (SSSR count). The lowest BCUT2D eigenvalue weighted by Gasteiger charge is -2.22. The first-order valence-electron chi connectivity index (χ1n) is 5.59. The molecule has 17 heavy (non-hydrogen) atoms. The van der Waals surface area contributed by atoms with E-state index < -0.39 is 17.7 Å². The van der Waals surface area contributed by atoms with Gasteiger partial charge in [0.2, 0.25) is 5.91 Å². The zero-order valence-corrected chi connectivity index (χ0v) is 11.9. The van der Waals surface area contributed by atoms with Crippen molar-refractivity contribution in [3.05, 3.63) is 0 Å². The Morgan fingerprint density at radius 1 is 1.35 bits per heavy atom. The van der Waals surface area contributed by atoms with Crippen LogP contribution < -0.4 is 10.6 Å². The number of carbonyl (C=O) groups excluding carboxylic acids is 2. The number of alkyl carbamates (subject to hydrolysis) is 1. The van der Waals surface area contributed by atoms with Crippen molar-refractivity contribution in [2.24, 2.45) is 0 Å². The summed E-state index contributed by atoms with van der Waals surface area (Å²) in [5.41, 5.74) is -0.560. The second-order valence-corrected chi connectivity index (χ2v) is 5.79. The fourth-order valence-electron chi connectivity index (χ4n) is 1.04. The standard InChI is InChI=1S/C11H22N2O3S/c1-6-17-7-8(9(14)12-5)13-10(15)16-11(2,3)4/h8H,6-7H2,1-5H3,(H,12,14)(H,13,15)/t8-/m0/s1. The summed E-state index contributed by atoms with van der Waals surface area (Å²) in [7, 11) is 1.54. The Balaban J connectivity index is 4.32. The smallest absolute Gasteiger partial charge is 0.408 e. The summed E-state index contributed by atoms with van der Waals surface area (Å²) in [4.78, 5) is 23.1. The third kappa shape index (κ3) is 7.90. The van der Waals surface area contributed by atoms with Crippen molar-refractivity contribution in [3.63, 3.8) is 0 Å². The summed E-state index contributed by atoms with van der Waals surface area (Å²) < 4.78 is 5.10. The van der Waals surface area contributed by atoms with Crippen molar-refractivity contribution in [2.75, 3.05) is 18.6 Å². The number of hydrogen-bond donors (Lipinski definition) is 2. The Morgan fingerprint density at radius 3 is 2.35 bits per heavy atom. The number of hydrogen-bond acceptors (Lipinski definition) is 4. The lowest BCUT2D eigenvalue weighted by molar-refractivity contribution is -0.122. The summed E-state index contributed by atoms with van der Waals surface area (Å²) in [6, 6.07) is -0.556. The molecule has 0 radical (unpaired) electrons. The van der Waals surface area contributed by atoms with Gasteiger partial charge in [-0.1, -0.05) is 6.92 Å². The molecule has 0 fully saturated rings. The lowest BCUT2D eigenvalue weighted by atomic mass is 10.2. The number of rotatable bonds is 5. The maximum atomic E-state index is 11.5. The molecule has 0 spiro atoms. The van der Waals surface area contributed by atoms with Crippen LogP contribution in [0.2, 0.25) is 0 Å². The number of amides is 2. The van der Waals surface area contributed by atoms with Crippen molar-refractivity contribution >= 4 is 23.8 Å². The second-order valence-electron chi connectivity index (χ2n) is 4.47. The van der Waals surface area contributed by atoms with E-state index in [0.717, 1.165) is 5.75 Å². The topological polar surface area (TPSA) is 67.4 Å². The molecule has 0 saturated heterocycles. The van der Waals surface area contributed by atoms with Crippen LogP contribution in [0.15, 0.2) is 0 Å². The predicted octanol–water partition coefficient (Wildman–Crippen LogP) is 1.38. The second kappa shape index (κ2) is 7.42. The van der Waals surface area contributed by atoms with Gasteiger partial charge in [-0.05, 0) is 26.5 Å². The van der Waals surface area contributed by atoms with Crippen LogP contribution in [0.4, 0.5) is 4.79 Å². The zero-order valence-electron chi connectivity index (χ0n) is 11.1. The first kappa shape index (κ1) is 16.1. The van der Waals surface area contributed by atoms with Crippen LogP contribution in [0.5, 0.6) is 0 Å². The summed E-state index contributed by atoms with van der Waals surface area (Å²) in [6.07, 6.45) is -0.567. The van der Waals surface area contributed by atoms with Gasteiger partial charge in [-0.3, -0.25) is 4.79 Å². The number of likely N-dealkylation sites (N-methyl/N-ethyl adjacent to an activating group) is 1. The van der Waals surface area contributed by atoms with Crippen LogP contribution in [-0.2, 0) is 9.53 Å². The van der Waals surface area contributed by atoms with Gasteiger partial charge in [0, 0.05) is 12.8 Å². The fourth-order valence-corrected chi connectivity index (χ4v) is 1.75. The van der Waals surface area contributed by atoms with E-state index in [0.29, 0.717) is 5.75 Å². The monoisotopic (exact) mass is 262 g/mol. The molecular formula is C11H22N2O3S. The average molecular weight is 262 g/mol. The van der Waals surface area contributed by atoms with Crippen LogP contribution in [0.3, 0.4) is 0 Å². The van der Waals surface area contributed by atoms with Crippen molar-refractivity contribution < 1.29 is 14.3 Å². The van der Waals surface area contributed by atoms with Gasteiger partial charge in [-0.25, -0.2) is 4.79 Å². The highest BCUT2D eigenvalue weighted by Gasteiger charge is 2.23. The first-order valence-corrected chi connectivity index (χ1v) is 6.74. The first-order chi connectivity index (χ1) is 7.80. The summed E-state index contributed by atoms with van der Waals surface area (Å²) >= 11 is 1.59. The quantitative estimate of drug-likeness (QED) is 0.785. The molecule has 0 aromatic heterocycles. The zero-order chi connectivity index (χ0) is 13.5. The van der Waals surface area contributed by atoms with E-state index in [9.17, 15) is 9.59 Å². The van der Waals surface area contributed by atoms with Gasteiger partial charge in [-0.15, -0.1) is 0 Å². The molecule has 5 nitrogen and oxygen atoms in total. The summed E-state index contributed by atoms with van der Waals surface area (Å²) in [6.45, 7) is 7.34. The fraction of sp³-hybridized carbons (Fsp3) is 0.818. The van der Waals surface area contributed by atoms with Crippen LogP contribution in [0, 0.1) is 0 Å². The molecule has 0 saturated carbocycles. The van der Waals surface area contributed by atoms with E-state index in [1.54, 1.807) is 39.6 Å². The molecule has 0 unspecified atom stereocenters. The Hall–Kier alpha value is -0.910. The largest absolute Gasteiger partial charge is 0.444 e. The van der Waals surface area contributed by atoms with Crippen LogP contribution in [0.1, 0.15) is 27.7 Å². The van der Waals surface area contributed by atoms with Crippen molar-refractivity contribution in [1.29, 1.82) is 0 Å². The average Bonchev–Trinajstić information content (AvgIpc) is 2.20. The predicted molar refractivity (Wildman–Crippen MR) is 70.2 cm³/mol. The third-order valence-corrected chi connectivity index (χ3v) is 2.72. The van der Waals surface area contributed by atoms with E-state index >= 15 is 0 Å². The molecule has 0 aromatic rings. The molecule has 1 atom stereocenters. The van der Waals surface area contributed by atoms with Crippen molar-refractivity contribution in [1.82, 2.24) is 10.6 Å². The highest BCUT2D eigenvalue weighted by atomic mass is 32.2. The van der Waals surface area contributed by atoms with Gasteiger partial charge in [-0.2, -0.15) is 11.8 Å². The van der Waals surface area contributed by atoms with Crippen LogP contribution in [-0.4, -0.2) is 42.2 Å². The molecule has 0 bridgehead atoms. The molecule has 0 aliphatic heterocycles. The molecule has 0 aliphatic rings. The van der Waals surface area contributed by atoms with E-state index in [2.05, 4.69) is 10.6 Å². The molecule has 0 heterocycles. The van der Waals surface area contributed by atoms with Gasteiger partial charge < -0.3 is 15.4 Å². The number of carbonyl (C=O) groups is 2. The molecule has 2 amide bonds. The Labute approximate surface area is 107 Å². The third-order valence-electron chi connectivity index (χ3n) is 1.74. The minimum absolute atomic E-state index is 0.211. The molecule has 6 heteroatoms. The number of nitrogens with one attached hydrogen (secondary N) is 2. The Kier molecular flexibility index (Phi) is 7.03. The maximum Gasteiger partial charge on any atom is 0.408 e. The lowest BCUT2D eigenvalue weighted by Crippen LogP contribution is -2.48. The van der Waals surface area contributed by atoms with Crippen LogP contribution in [0.25, 0.3) is 0 Å². The van der Waals surface area contributed by atoms with Gasteiger partial charge in [0.1, 0.15) is 11.6 Å². The summed E-state index contributed by atoms with van der Waals surface area (Å²) in [5, 5.41) is 5.08. The Morgan fingerprint density at radius 2 is 1.94 bits per heavy atom. The summed E-state index contributed by atoms with van der Waals surface area (Å²) in [5.74, 6) is 1.22. The number of ether oxygens (including phenoxy) is 1. The molecule has 2 N–H and O–H groups in total. The highest BCUT2D eigenvalue weighted by Crippen LogP contribution is 2.08. The van der Waals surface area contributed by atoms with Gasteiger partial charge >= 0.3 is 6.09 Å². The van der Waals surface area contributed by atoms with Crippen molar-refractivity contribution in [2.45, 2.75) is 39.3 Å².